The van der Waals surface area contributed by atoms with Gasteiger partial charge < -0.3 is 47.1 Å². The number of carboxylic acids is 1. The Morgan fingerprint density at radius 1 is 0.739 bits per heavy atom. The molecule has 4 rings (SSSR count). The number of aliphatic hydroxyl groups excluding tert-OH is 1. The number of benzene rings is 3. The van der Waals surface area contributed by atoms with Gasteiger partial charge in [0.15, 0.2) is 0 Å². The summed E-state index contributed by atoms with van der Waals surface area (Å²) in [6.45, 7) is 1.29. The van der Waals surface area contributed by atoms with Crippen molar-refractivity contribution in [1.82, 2.24) is 20.9 Å². The minimum absolute atomic E-state index is 0.00207. The van der Waals surface area contributed by atoms with Crippen LogP contribution in [0.2, 0.25) is 0 Å². The standard InChI is InChI=1S/C33H37N5O8/c1-18(39)29(38-30(42)25(34)14-19-6-10-22(40)11-7-19)32(44)36-27(16-21-17-35-26-5-3-2-4-24(21)26)31(43)37-28(33(45)46)15-20-8-12-23(41)13-9-20/h2-13,17-18,25,27-29,35,39-41H,14-16,34H2,1H3,(H,36,44)(H,37,43)(H,38,42)(H,45,46). The van der Waals surface area contributed by atoms with Crippen LogP contribution in [0.1, 0.15) is 23.6 Å². The van der Waals surface area contributed by atoms with Crippen LogP contribution < -0.4 is 21.7 Å². The van der Waals surface area contributed by atoms with Crippen molar-refractivity contribution in [2.75, 3.05) is 0 Å². The Labute approximate surface area is 264 Å². The van der Waals surface area contributed by atoms with Crippen LogP contribution in [-0.4, -0.2) is 79.4 Å². The van der Waals surface area contributed by atoms with Gasteiger partial charge in [-0.15, -0.1) is 0 Å². The minimum atomic E-state index is -1.50. The molecule has 0 aliphatic rings. The number of carbonyl (C=O) groups is 4. The van der Waals surface area contributed by atoms with Crippen LogP contribution in [0.3, 0.4) is 0 Å². The molecular weight excluding hydrogens is 594 g/mol. The van der Waals surface area contributed by atoms with Gasteiger partial charge in [-0.2, -0.15) is 0 Å². The summed E-state index contributed by atoms with van der Waals surface area (Å²) in [6, 6.07) is 14.0. The molecule has 0 aliphatic carbocycles. The first-order chi connectivity index (χ1) is 21.9. The number of fused-ring (bicyclic) bond motifs is 1. The molecule has 1 aromatic heterocycles. The number of nitrogens with one attached hydrogen (secondary N) is 4. The third-order valence-corrected chi connectivity index (χ3v) is 7.51. The van der Waals surface area contributed by atoms with Crippen LogP contribution in [-0.2, 0) is 38.4 Å². The van der Waals surface area contributed by atoms with E-state index in [-0.39, 0.29) is 30.8 Å². The summed E-state index contributed by atoms with van der Waals surface area (Å²) in [5, 5.41) is 47.7. The lowest BCUT2D eigenvalue weighted by molar-refractivity contribution is -0.142. The topological polar surface area (TPSA) is 227 Å². The third kappa shape index (κ3) is 8.83. The lowest BCUT2D eigenvalue weighted by Gasteiger charge is -2.26. The highest BCUT2D eigenvalue weighted by molar-refractivity contribution is 5.95. The Balaban J connectivity index is 1.53. The van der Waals surface area contributed by atoms with E-state index in [2.05, 4.69) is 20.9 Å². The molecule has 10 N–H and O–H groups in total. The van der Waals surface area contributed by atoms with Crippen LogP contribution in [0, 0.1) is 0 Å². The third-order valence-electron chi connectivity index (χ3n) is 7.51. The fourth-order valence-electron chi connectivity index (χ4n) is 4.98. The number of nitrogens with two attached hydrogens (primary N) is 1. The molecule has 0 saturated heterocycles. The second kappa shape index (κ2) is 15.1. The summed E-state index contributed by atoms with van der Waals surface area (Å²) in [6.07, 6.45) is 0.235. The number of rotatable bonds is 14. The number of H-pyrrole nitrogens is 1. The van der Waals surface area contributed by atoms with Gasteiger partial charge in [0.05, 0.1) is 12.1 Å². The molecule has 13 nitrogen and oxygen atoms in total. The van der Waals surface area contributed by atoms with Gasteiger partial charge in [0.1, 0.15) is 29.6 Å². The van der Waals surface area contributed by atoms with Crippen molar-refractivity contribution in [3.05, 3.63) is 95.7 Å². The number of carboxylic acid groups (broad SMARTS) is 1. The van der Waals surface area contributed by atoms with Crippen molar-refractivity contribution in [2.45, 2.75) is 56.5 Å². The average Bonchev–Trinajstić information content (AvgIpc) is 3.43. The van der Waals surface area contributed by atoms with Gasteiger partial charge in [-0.1, -0.05) is 42.5 Å². The van der Waals surface area contributed by atoms with E-state index in [9.17, 15) is 39.6 Å². The molecular formula is C33H37N5O8. The highest BCUT2D eigenvalue weighted by Crippen LogP contribution is 2.20. The van der Waals surface area contributed by atoms with E-state index in [1.165, 1.54) is 43.3 Å². The molecule has 13 heteroatoms. The van der Waals surface area contributed by atoms with Crippen molar-refractivity contribution >= 4 is 34.6 Å². The summed E-state index contributed by atoms with van der Waals surface area (Å²) >= 11 is 0. The molecule has 1 heterocycles. The molecule has 0 radical (unpaired) electrons. The molecule has 0 bridgehead atoms. The van der Waals surface area contributed by atoms with Crippen molar-refractivity contribution in [3.63, 3.8) is 0 Å². The second-order valence-corrected chi connectivity index (χ2v) is 11.1. The van der Waals surface area contributed by atoms with E-state index in [4.69, 9.17) is 5.73 Å². The monoisotopic (exact) mass is 631 g/mol. The van der Waals surface area contributed by atoms with Crippen LogP contribution in [0.4, 0.5) is 0 Å². The van der Waals surface area contributed by atoms with Gasteiger partial charge >= 0.3 is 5.97 Å². The maximum absolute atomic E-state index is 13.6. The maximum atomic E-state index is 13.6. The molecule has 0 fully saturated rings. The summed E-state index contributed by atoms with van der Waals surface area (Å²) < 4.78 is 0. The lowest BCUT2D eigenvalue weighted by atomic mass is 10.0. The molecule has 5 unspecified atom stereocenters. The number of aromatic amines is 1. The smallest absolute Gasteiger partial charge is 0.326 e. The largest absolute Gasteiger partial charge is 0.508 e. The van der Waals surface area contributed by atoms with Crippen molar-refractivity contribution in [2.24, 2.45) is 5.73 Å². The molecule has 5 atom stereocenters. The molecule has 3 amide bonds. The van der Waals surface area contributed by atoms with Gasteiger partial charge in [-0.05, 0) is 60.4 Å². The first kappa shape index (κ1) is 33.5. The van der Waals surface area contributed by atoms with Gasteiger partial charge in [-0.3, -0.25) is 14.4 Å². The van der Waals surface area contributed by atoms with E-state index in [1.54, 1.807) is 18.3 Å². The fourth-order valence-corrected chi connectivity index (χ4v) is 4.98. The van der Waals surface area contributed by atoms with Gasteiger partial charge in [0.2, 0.25) is 17.7 Å². The lowest BCUT2D eigenvalue weighted by Crippen LogP contribution is -2.60. The number of aliphatic hydroxyl groups is 1. The summed E-state index contributed by atoms with van der Waals surface area (Å²) in [5.41, 5.74) is 8.71. The first-order valence-corrected chi connectivity index (χ1v) is 14.6. The Hall–Kier alpha value is -5.40. The first-order valence-electron chi connectivity index (χ1n) is 14.6. The summed E-state index contributed by atoms with van der Waals surface area (Å²) in [4.78, 5) is 55.3. The molecule has 3 aromatic carbocycles. The zero-order valence-electron chi connectivity index (χ0n) is 25.0. The van der Waals surface area contributed by atoms with E-state index in [0.717, 1.165) is 10.9 Å². The summed E-state index contributed by atoms with van der Waals surface area (Å²) in [7, 11) is 0. The number of hydrogen-bond donors (Lipinski definition) is 9. The van der Waals surface area contributed by atoms with Crippen LogP contribution in [0.15, 0.2) is 79.0 Å². The number of aromatic hydroxyl groups is 2. The predicted molar refractivity (Wildman–Crippen MR) is 169 cm³/mol. The quantitative estimate of drug-likeness (QED) is 0.0960. The van der Waals surface area contributed by atoms with E-state index < -0.39 is 54.0 Å². The van der Waals surface area contributed by atoms with Crippen LogP contribution >= 0.6 is 0 Å². The number of amides is 3. The average molecular weight is 632 g/mol. The number of aliphatic carboxylic acids is 1. The zero-order chi connectivity index (χ0) is 33.4. The summed E-state index contributed by atoms with van der Waals surface area (Å²) in [5.74, 6) is -3.67. The zero-order valence-corrected chi connectivity index (χ0v) is 25.0. The molecule has 242 valence electrons. The number of carbonyl (C=O) groups excluding carboxylic acids is 3. The number of phenols is 2. The molecule has 4 aromatic rings. The number of aromatic nitrogens is 1. The molecule has 46 heavy (non-hydrogen) atoms. The highest BCUT2D eigenvalue weighted by Gasteiger charge is 2.33. The van der Waals surface area contributed by atoms with Gasteiger partial charge in [-0.25, -0.2) is 4.79 Å². The van der Waals surface area contributed by atoms with Crippen molar-refractivity contribution in [1.29, 1.82) is 0 Å². The number of para-hydroxylation sites is 1. The Morgan fingerprint density at radius 3 is 1.89 bits per heavy atom. The number of phenolic OH excluding ortho intramolecular Hbond substituents is 2. The van der Waals surface area contributed by atoms with Crippen LogP contribution in [0.25, 0.3) is 10.9 Å². The Morgan fingerprint density at radius 2 is 1.30 bits per heavy atom. The molecule has 0 saturated carbocycles. The fraction of sp³-hybridized carbons (Fsp3) is 0.273. The second-order valence-electron chi connectivity index (χ2n) is 11.1. The number of hydrogen-bond acceptors (Lipinski definition) is 8. The van der Waals surface area contributed by atoms with E-state index >= 15 is 0 Å². The van der Waals surface area contributed by atoms with Crippen molar-refractivity contribution in [3.8, 4) is 11.5 Å². The van der Waals surface area contributed by atoms with E-state index in [1.807, 2.05) is 24.3 Å². The minimum Gasteiger partial charge on any atom is -0.508 e. The molecule has 0 spiro atoms. The van der Waals surface area contributed by atoms with E-state index in [0.29, 0.717) is 16.7 Å². The SMILES string of the molecule is CC(O)C(NC(=O)C(N)Cc1ccc(O)cc1)C(=O)NC(Cc1c[nH]c2ccccc12)C(=O)NC(Cc1ccc(O)cc1)C(=O)O. The Bertz CT molecular complexity index is 1670. The van der Waals surface area contributed by atoms with Crippen molar-refractivity contribution < 1.29 is 39.6 Å². The predicted octanol–water partition coefficient (Wildman–Crippen LogP) is 0.854. The van der Waals surface area contributed by atoms with Crippen LogP contribution in [0.5, 0.6) is 11.5 Å². The van der Waals surface area contributed by atoms with Gasteiger partial charge in [0, 0.05) is 29.9 Å². The molecule has 0 aliphatic heterocycles. The highest BCUT2D eigenvalue weighted by atomic mass is 16.4. The normalized spacial score (nSPS) is 14.4. The Kier molecular flexibility index (Phi) is 11.0. The van der Waals surface area contributed by atoms with Gasteiger partial charge in [0.25, 0.3) is 0 Å². The maximum Gasteiger partial charge on any atom is 0.326 e.